The third kappa shape index (κ3) is 6.19. The van der Waals surface area contributed by atoms with Gasteiger partial charge in [-0.05, 0) is 59.4 Å². The lowest BCUT2D eigenvalue weighted by atomic mass is 9.94. The number of hydrogen-bond acceptors (Lipinski definition) is 9. The van der Waals surface area contributed by atoms with Gasteiger partial charge in [0.25, 0.3) is 11.8 Å². The zero-order valence-electron chi connectivity index (χ0n) is 30.3. The third-order valence-electron chi connectivity index (χ3n) is 11.0. The van der Waals surface area contributed by atoms with E-state index in [1.807, 2.05) is 52.3 Å². The molecule has 1 aromatic heterocycles. The van der Waals surface area contributed by atoms with Crippen molar-refractivity contribution >= 4 is 23.2 Å². The first-order chi connectivity index (χ1) is 26.4. The molecule has 0 aliphatic carbocycles. The average Bonchev–Trinajstić information content (AvgIpc) is 3.42. The molecule has 274 valence electrons. The molecule has 54 heavy (non-hydrogen) atoms. The SMILES string of the molecule is COc1cc2c(cc1OCc1cccc(COc3cc4c(cc3OC)C(=O)N3Cc5ccccc5CC3CN4)n1)NCC1Cc3ccccc3CN1C2=O. The number of rotatable bonds is 8. The lowest BCUT2D eigenvalue weighted by Gasteiger charge is -2.35. The van der Waals surface area contributed by atoms with Crippen LogP contribution in [0.5, 0.6) is 23.0 Å². The van der Waals surface area contributed by atoms with Crippen molar-refractivity contribution in [3.63, 3.8) is 0 Å². The lowest BCUT2D eigenvalue weighted by Crippen LogP contribution is -2.45. The van der Waals surface area contributed by atoms with Crippen LogP contribution in [0.2, 0.25) is 0 Å². The minimum Gasteiger partial charge on any atom is -0.493 e. The molecule has 0 spiro atoms. The van der Waals surface area contributed by atoms with E-state index in [-0.39, 0.29) is 37.1 Å². The Balaban J connectivity index is 0.881. The van der Waals surface area contributed by atoms with Gasteiger partial charge in [0.1, 0.15) is 13.2 Å². The summed E-state index contributed by atoms with van der Waals surface area (Å²) in [5.74, 6) is 1.93. The van der Waals surface area contributed by atoms with E-state index >= 15 is 0 Å². The monoisotopic (exact) mass is 723 g/mol. The number of nitrogens with one attached hydrogen (secondary N) is 2. The molecule has 0 radical (unpaired) electrons. The van der Waals surface area contributed by atoms with Crippen molar-refractivity contribution < 1.29 is 28.5 Å². The van der Waals surface area contributed by atoms with Crippen molar-refractivity contribution in [1.29, 1.82) is 0 Å². The predicted molar refractivity (Wildman–Crippen MR) is 203 cm³/mol. The predicted octanol–water partition coefficient (Wildman–Crippen LogP) is 6.24. The highest BCUT2D eigenvalue weighted by atomic mass is 16.5. The van der Waals surface area contributed by atoms with Crippen molar-refractivity contribution in [2.45, 2.75) is 51.2 Å². The van der Waals surface area contributed by atoms with Crippen LogP contribution in [0.3, 0.4) is 0 Å². The van der Waals surface area contributed by atoms with Crippen molar-refractivity contribution in [2.75, 3.05) is 37.9 Å². The number of fused-ring (bicyclic) bond motifs is 6. The molecule has 4 aliphatic heterocycles. The van der Waals surface area contributed by atoms with Gasteiger partial charge in [-0.25, -0.2) is 0 Å². The molecule has 0 bridgehead atoms. The molecule has 5 aromatic rings. The number of methoxy groups -OCH3 is 2. The highest BCUT2D eigenvalue weighted by molar-refractivity contribution is 6.02. The summed E-state index contributed by atoms with van der Waals surface area (Å²) in [5, 5.41) is 7.00. The highest BCUT2D eigenvalue weighted by Gasteiger charge is 2.36. The number of amides is 2. The van der Waals surface area contributed by atoms with Gasteiger partial charge in [-0.1, -0.05) is 54.6 Å². The second-order valence-corrected chi connectivity index (χ2v) is 14.2. The smallest absolute Gasteiger partial charge is 0.256 e. The number of aromatic nitrogens is 1. The van der Waals surface area contributed by atoms with E-state index in [9.17, 15) is 9.59 Å². The van der Waals surface area contributed by atoms with Gasteiger partial charge in [0.05, 0.1) is 60.2 Å². The van der Waals surface area contributed by atoms with Crippen molar-refractivity contribution in [2.24, 2.45) is 0 Å². The summed E-state index contributed by atoms with van der Waals surface area (Å²) in [4.78, 5) is 36.3. The van der Waals surface area contributed by atoms with Gasteiger partial charge in [-0.15, -0.1) is 0 Å². The number of hydrogen-bond donors (Lipinski definition) is 2. The molecular formula is C43H41N5O6. The van der Waals surface area contributed by atoms with Crippen LogP contribution < -0.4 is 29.6 Å². The van der Waals surface area contributed by atoms with Crippen molar-refractivity contribution in [3.8, 4) is 23.0 Å². The van der Waals surface area contributed by atoms with E-state index in [4.69, 9.17) is 23.9 Å². The Bertz CT molecular complexity index is 2120. The molecule has 11 nitrogen and oxygen atoms in total. The van der Waals surface area contributed by atoms with Crippen LogP contribution in [0.4, 0.5) is 11.4 Å². The summed E-state index contributed by atoms with van der Waals surface area (Å²) < 4.78 is 23.9. The molecule has 5 heterocycles. The van der Waals surface area contributed by atoms with E-state index < -0.39 is 0 Å². The van der Waals surface area contributed by atoms with Gasteiger partial charge in [0.15, 0.2) is 23.0 Å². The van der Waals surface area contributed by atoms with E-state index in [0.29, 0.717) is 71.7 Å². The minimum absolute atomic E-state index is 0.0241. The van der Waals surface area contributed by atoms with Gasteiger partial charge in [0, 0.05) is 38.3 Å². The number of ether oxygens (including phenoxy) is 4. The largest absolute Gasteiger partial charge is 0.493 e. The number of carbonyl (C=O) groups is 2. The summed E-state index contributed by atoms with van der Waals surface area (Å²) in [6.45, 7) is 2.79. The quantitative estimate of drug-likeness (QED) is 0.192. The summed E-state index contributed by atoms with van der Waals surface area (Å²) in [6.07, 6.45) is 1.61. The maximum absolute atomic E-state index is 13.8. The molecule has 0 saturated heterocycles. The molecule has 4 aliphatic rings. The molecule has 2 atom stereocenters. The third-order valence-corrected chi connectivity index (χ3v) is 11.0. The van der Waals surface area contributed by atoms with Crippen LogP contribution in [0, 0.1) is 0 Å². The van der Waals surface area contributed by atoms with E-state index in [1.54, 1.807) is 26.4 Å². The topological polar surface area (TPSA) is 114 Å². The maximum Gasteiger partial charge on any atom is 0.256 e. The van der Waals surface area contributed by atoms with Crippen LogP contribution in [-0.4, -0.2) is 66.0 Å². The lowest BCUT2D eigenvalue weighted by molar-refractivity contribution is 0.0652. The fourth-order valence-corrected chi connectivity index (χ4v) is 8.08. The first-order valence-corrected chi connectivity index (χ1v) is 18.3. The second-order valence-electron chi connectivity index (χ2n) is 14.2. The Labute approximate surface area is 313 Å². The average molecular weight is 724 g/mol. The van der Waals surface area contributed by atoms with Gasteiger partial charge in [-0.2, -0.15) is 0 Å². The van der Waals surface area contributed by atoms with Crippen molar-refractivity contribution in [1.82, 2.24) is 14.8 Å². The second kappa shape index (κ2) is 14.0. The van der Waals surface area contributed by atoms with Crippen LogP contribution in [0.15, 0.2) is 91.0 Å². The minimum atomic E-state index is -0.0241. The van der Waals surface area contributed by atoms with Crippen LogP contribution in [0.1, 0.15) is 54.4 Å². The summed E-state index contributed by atoms with van der Waals surface area (Å²) >= 11 is 0. The van der Waals surface area contributed by atoms with Gasteiger partial charge >= 0.3 is 0 Å². The summed E-state index contributed by atoms with van der Waals surface area (Å²) in [5.41, 5.74) is 8.91. The molecule has 11 heteroatoms. The molecular weight excluding hydrogens is 683 g/mol. The fraction of sp³-hybridized carbons (Fsp3) is 0.279. The number of benzene rings is 4. The Morgan fingerprint density at radius 2 is 1.04 bits per heavy atom. The normalized spacial score (nSPS) is 18.2. The van der Waals surface area contributed by atoms with Gasteiger partial charge in [0.2, 0.25) is 0 Å². The van der Waals surface area contributed by atoms with E-state index in [2.05, 4.69) is 47.0 Å². The molecule has 2 amide bonds. The van der Waals surface area contributed by atoms with Crippen LogP contribution >= 0.6 is 0 Å². The summed E-state index contributed by atoms with van der Waals surface area (Å²) in [7, 11) is 3.15. The summed E-state index contributed by atoms with van der Waals surface area (Å²) in [6, 6.07) is 29.7. The Hall–Kier alpha value is -6.23. The zero-order chi connectivity index (χ0) is 36.8. The molecule has 9 rings (SSSR count). The molecule has 4 aromatic carbocycles. The van der Waals surface area contributed by atoms with E-state index in [1.165, 1.54) is 22.3 Å². The standard InChI is InChI=1S/C43H41N5O6/c1-51-38-16-34-36(44-20-32-14-26-8-3-5-10-28(26)22-47(32)42(34)49)18-40(38)53-24-30-12-7-13-31(46-30)25-54-41-19-37-35(17-39(41)52-2)43(50)48-23-29-11-6-4-9-27(29)15-33(48)21-45-37/h3-13,16-19,32-33,44-45H,14-15,20-25H2,1-2H3. The molecule has 2 N–H and O–H groups in total. The highest BCUT2D eigenvalue weighted by Crippen LogP contribution is 2.39. The first-order valence-electron chi connectivity index (χ1n) is 18.3. The Morgan fingerprint density at radius 3 is 1.48 bits per heavy atom. The van der Waals surface area contributed by atoms with Crippen molar-refractivity contribution in [3.05, 3.63) is 136 Å². The molecule has 2 unspecified atom stereocenters. The number of anilines is 2. The van der Waals surface area contributed by atoms with Crippen LogP contribution in [-0.2, 0) is 39.1 Å². The Morgan fingerprint density at radius 1 is 0.593 bits per heavy atom. The zero-order valence-corrected chi connectivity index (χ0v) is 30.3. The number of pyridine rings is 1. The van der Waals surface area contributed by atoms with Gasteiger partial charge in [-0.3, -0.25) is 14.6 Å². The van der Waals surface area contributed by atoms with Crippen LogP contribution in [0.25, 0.3) is 0 Å². The molecule has 0 fully saturated rings. The molecule has 0 saturated carbocycles. The first kappa shape index (κ1) is 33.6. The maximum atomic E-state index is 13.8. The fourth-order valence-electron chi connectivity index (χ4n) is 8.08. The van der Waals surface area contributed by atoms with E-state index in [0.717, 1.165) is 24.2 Å². The number of nitrogens with zero attached hydrogens (tertiary/aromatic N) is 3. The number of carbonyl (C=O) groups excluding carboxylic acids is 2. The Kier molecular flexibility index (Phi) is 8.69. The van der Waals surface area contributed by atoms with Gasteiger partial charge < -0.3 is 39.4 Å².